The van der Waals surface area contributed by atoms with E-state index >= 15 is 0 Å². The quantitative estimate of drug-likeness (QED) is 0.827. The SMILES string of the molecule is CNC(CN1CCCC(C(C)(C)C)CC1)C1CC1. The molecule has 1 saturated heterocycles. The standard InChI is InChI=1S/C16H32N2/c1-16(2,3)14-6-5-10-18(11-9-14)12-15(17-4)13-7-8-13/h13-15,17H,5-12H2,1-4H3. The van der Waals surface area contributed by atoms with E-state index in [9.17, 15) is 0 Å². The molecule has 0 aromatic carbocycles. The zero-order chi connectivity index (χ0) is 13.2. The average molecular weight is 252 g/mol. The van der Waals surface area contributed by atoms with E-state index in [0.29, 0.717) is 5.41 Å². The largest absolute Gasteiger partial charge is 0.315 e. The second-order valence-electron chi connectivity index (χ2n) is 7.53. The predicted octanol–water partition coefficient (Wildman–Crippen LogP) is 3.13. The van der Waals surface area contributed by atoms with E-state index in [-0.39, 0.29) is 0 Å². The van der Waals surface area contributed by atoms with Gasteiger partial charge in [-0.05, 0) is 69.5 Å². The summed E-state index contributed by atoms with van der Waals surface area (Å²) in [6.07, 6.45) is 7.11. The third-order valence-corrected chi connectivity index (χ3v) is 5.06. The van der Waals surface area contributed by atoms with Crippen molar-refractivity contribution in [2.45, 2.75) is 58.9 Å². The second-order valence-corrected chi connectivity index (χ2v) is 7.53. The van der Waals surface area contributed by atoms with Crippen molar-refractivity contribution < 1.29 is 0 Å². The highest BCUT2D eigenvalue weighted by Gasteiger charge is 2.32. The molecular weight excluding hydrogens is 220 g/mol. The molecule has 0 amide bonds. The van der Waals surface area contributed by atoms with Gasteiger partial charge in [0.1, 0.15) is 0 Å². The molecule has 2 fully saturated rings. The molecule has 0 aromatic rings. The number of nitrogens with one attached hydrogen (secondary N) is 1. The van der Waals surface area contributed by atoms with Crippen LogP contribution >= 0.6 is 0 Å². The minimum atomic E-state index is 0.495. The first-order valence-electron chi connectivity index (χ1n) is 7.90. The molecule has 0 radical (unpaired) electrons. The molecule has 0 bridgehead atoms. The maximum absolute atomic E-state index is 3.53. The van der Waals surface area contributed by atoms with Crippen LogP contribution in [0.5, 0.6) is 0 Å². The molecule has 106 valence electrons. The summed E-state index contributed by atoms with van der Waals surface area (Å²) in [5.74, 6) is 1.88. The van der Waals surface area contributed by atoms with Crippen LogP contribution in [0.4, 0.5) is 0 Å². The average Bonchev–Trinajstić information content (AvgIpc) is 3.11. The van der Waals surface area contributed by atoms with E-state index in [0.717, 1.165) is 17.9 Å². The van der Waals surface area contributed by atoms with Crippen LogP contribution in [0, 0.1) is 17.3 Å². The summed E-state index contributed by atoms with van der Waals surface area (Å²) in [4.78, 5) is 2.71. The second kappa shape index (κ2) is 5.92. The molecule has 2 nitrogen and oxygen atoms in total. The molecule has 1 aliphatic carbocycles. The van der Waals surface area contributed by atoms with Gasteiger partial charge in [-0.15, -0.1) is 0 Å². The highest BCUT2D eigenvalue weighted by atomic mass is 15.1. The maximum Gasteiger partial charge on any atom is 0.0220 e. The van der Waals surface area contributed by atoms with Crippen molar-refractivity contribution >= 4 is 0 Å². The Kier molecular flexibility index (Phi) is 4.71. The lowest BCUT2D eigenvalue weighted by Crippen LogP contribution is -2.41. The van der Waals surface area contributed by atoms with Gasteiger partial charge in [-0.1, -0.05) is 20.8 Å². The number of hydrogen-bond donors (Lipinski definition) is 1. The summed E-state index contributed by atoms with van der Waals surface area (Å²) in [7, 11) is 2.14. The monoisotopic (exact) mass is 252 g/mol. The van der Waals surface area contributed by atoms with E-state index in [4.69, 9.17) is 0 Å². The van der Waals surface area contributed by atoms with E-state index in [2.05, 4.69) is 38.0 Å². The van der Waals surface area contributed by atoms with Gasteiger partial charge in [0, 0.05) is 12.6 Å². The van der Waals surface area contributed by atoms with Crippen molar-refractivity contribution in [2.75, 3.05) is 26.7 Å². The van der Waals surface area contributed by atoms with Crippen LogP contribution in [0.15, 0.2) is 0 Å². The van der Waals surface area contributed by atoms with Gasteiger partial charge in [0.05, 0.1) is 0 Å². The van der Waals surface area contributed by atoms with Gasteiger partial charge in [0.2, 0.25) is 0 Å². The van der Waals surface area contributed by atoms with E-state index < -0.39 is 0 Å². The molecule has 1 aliphatic heterocycles. The maximum atomic E-state index is 3.53. The number of hydrogen-bond acceptors (Lipinski definition) is 2. The summed E-state index contributed by atoms with van der Waals surface area (Å²) in [5, 5.41) is 3.53. The highest BCUT2D eigenvalue weighted by molar-refractivity contribution is 4.88. The Bertz CT molecular complexity index is 252. The van der Waals surface area contributed by atoms with Gasteiger partial charge in [0.15, 0.2) is 0 Å². The van der Waals surface area contributed by atoms with Crippen molar-refractivity contribution in [2.24, 2.45) is 17.3 Å². The van der Waals surface area contributed by atoms with Crippen LogP contribution in [0.3, 0.4) is 0 Å². The van der Waals surface area contributed by atoms with Gasteiger partial charge < -0.3 is 10.2 Å². The van der Waals surface area contributed by atoms with Gasteiger partial charge in [0.25, 0.3) is 0 Å². The molecule has 1 heterocycles. The normalized spacial score (nSPS) is 29.0. The van der Waals surface area contributed by atoms with Gasteiger partial charge in [-0.3, -0.25) is 0 Å². The Balaban J connectivity index is 1.81. The lowest BCUT2D eigenvalue weighted by atomic mass is 9.77. The molecule has 2 unspecified atom stereocenters. The zero-order valence-electron chi connectivity index (χ0n) is 12.8. The number of nitrogens with zero attached hydrogens (tertiary/aromatic N) is 1. The smallest absolute Gasteiger partial charge is 0.0220 e. The highest BCUT2D eigenvalue weighted by Crippen LogP contribution is 2.35. The molecular formula is C16H32N2. The van der Waals surface area contributed by atoms with Crippen molar-refractivity contribution in [1.29, 1.82) is 0 Å². The van der Waals surface area contributed by atoms with Crippen LogP contribution in [-0.2, 0) is 0 Å². The molecule has 1 saturated carbocycles. The van der Waals surface area contributed by atoms with Crippen molar-refractivity contribution in [3.05, 3.63) is 0 Å². The molecule has 18 heavy (non-hydrogen) atoms. The minimum absolute atomic E-state index is 0.495. The summed E-state index contributed by atoms with van der Waals surface area (Å²) < 4.78 is 0. The molecule has 0 aromatic heterocycles. The van der Waals surface area contributed by atoms with Crippen molar-refractivity contribution in [3.8, 4) is 0 Å². The molecule has 0 spiro atoms. The lowest BCUT2D eigenvalue weighted by molar-refractivity contribution is 0.201. The first-order chi connectivity index (χ1) is 8.50. The van der Waals surface area contributed by atoms with Crippen LogP contribution in [-0.4, -0.2) is 37.6 Å². The van der Waals surface area contributed by atoms with E-state index in [1.807, 2.05) is 0 Å². The summed E-state index contributed by atoms with van der Waals surface area (Å²) in [6, 6.07) is 0.746. The van der Waals surface area contributed by atoms with Crippen LogP contribution < -0.4 is 5.32 Å². The number of likely N-dealkylation sites (N-methyl/N-ethyl adjacent to an activating group) is 1. The van der Waals surface area contributed by atoms with Crippen LogP contribution in [0.1, 0.15) is 52.9 Å². The summed E-state index contributed by atoms with van der Waals surface area (Å²) in [6.45, 7) is 11.1. The number of rotatable bonds is 4. The molecule has 1 N–H and O–H groups in total. The van der Waals surface area contributed by atoms with Crippen LogP contribution in [0.2, 0.25) is 0 Å². The predicted molar refractivity (Wildman–Crippen MR) is 78.8 cm³/mol. The fourth-order valence-electron chi connectivity index (χ4n) is 3.46. The third kappa shape index (κ3) is 3.96. The van der Waals surface area contributed by atoms with E-state index in [1.54, 1.807) is 0 Å². The van der Waals surface area contributed by atoms with Gasteiger partial charge in [-0.2, -0.15) is 0 Å². The molecule has 2 heteroatoms. The summed E-state index contributed by atoms with van der Waals surface area (Å²) in [5.41, 5.74) is 0.495. The van der Waals surface area contributed by atoms with Gasteiger partial charge in [-0.25, -0.2) is 0 Å². The first-order valence-corrected chi connectivity index (χ1v) is 7.90. The molecule has 2 atom stereocenters. The molecule has 2 rings (SSSR count). The minimum Gasteiger partial charge on any atom is -0.315 e. The van der Waals surface area contributed by atoms with Gasteiger partial charge >= 0.3 is 0 Å². The van der Waals surface area contributed by atoms with Crippen molar-refractivity contribution in [1.82, 2.24) is 10.2 Å². The third-order valence-electron chi connectivity index (χ3n) is 5.06. The Morgan fingerprint density at radius 3 is 2.39 bits per heavy atom. The Morgan fingerprint density at radius 1 is 1.11 bits per heavy atom. The zero-order valence-corrected chi connectivity index (χ0v) is 12.8. The number of likely N-dealkylation sites (tertiary alicyclic amines) is 1. The molecule has 2 aliphatic rings. The first kappa shape index (κ1) is 14.3. The Morgan fingerprint density at radius 2 is 1.83 bits per heavy atom. The fraction of sp³-hybridized carbons (Fsp3) is 1.00. The fourth-order valence-corrected chi connectivity index (χ4v) is 3.46. The van der Waals surface area contributed by atoms with Crippen LogP contribution in [0.25, 0.3) is 0 Å². The Hall–Kier alpha value is -0.0800. The topological polar surface area (TPSA) is 15.3 Å². The Labute approximate surface area is 114 Å². The van der Waals surface area contributed by atoms with Crippen molar-refractivity contribution in [3.63, 3.8) is 0 Å². The summed E-state index contributed by atoms with van der Waals surface area (Å²) >= 11 is 0. The lowest BCUT2D eigenvalue weighted by Gasteiger charge is -2.30. The van der Waals surface area contributed by atoms with E-state index in [1.165, 1.54) is 51.7 Å².